The maximum absolute atomic E-state index is 10.8. The van der Waals surface area contributed by atoms with Gasteiger partial charge in [-0.1, -0.05) is 0 Å². The molecule has 0 heterocycles. The quantitative estimate of drug-likeness (QED) is 0.594. The van der Waals surface area contributed by atoms with Crippen LogP contribution in [0, 0.1) is 11.7 Å². The SMILES string of the molecule is C#CSI.CNS(=O)C(C)(C)C. The molecule has 0 bridgehead atoms. The number of halogens is 1. The Kier molecular flexibility index (Phi) is 10.6. The average Bonchev–Trinajstić information content (AvgIpc) is 2.02. The molecule has 0 fully saturated rings. The van der Waals surface area contributed by atoms with Crippen LogP contribution in [0.3, 0.4) is 0 Å². The predicted molar refractivity (Wildman–Crippen MR) is 67.4 cm³/mol. The molecule has 2 nitrogen and oxygen atoms in total. The molecule has 1 N–H and O–H groups in total. The van der Waals surface area contributed by atoms with E-state index in [0.29, 0.717) is 0 Å². The highest BCUT2D eigenvalue weighted by Gasteiger charge is 2.16. The number of terminal acetylenes is 1. The summed E-state index contributed by atoms with van der Waals surface area (Å²) in [5.41, 5.74) is 0. The van der Waals surface area contributed by atoms with E-state index in [1.165, 1.54) is 8.93 Å². The van der Waals surface area contributed by atoms with Crippen molar-refractivity contribution in [1.82, 2.24) is 4.72 Å². The molecule has 0 aliphatic rings. The zero-order valence-corrected chi connectivity index (χ0v) is 11.5. The van der Waals surface area contributed by atoms with E-state index in [9.17, 15) is 4.21 Å². The average molecular weight is 319 g/mol. The van der Waals surface area contributed by atoms with Gasteiger partial charge in [0.05, 0.1) is 15.7 Å². The molecule has 0 saturated carbocycles. The van der Waals surface area contributed by atoms with Crippen molar-refractivity contribution >= 4 is 41.1 Å². The van der Waals surface area contributed by atoms with Crippen LogP contribution in [0.1, 0.15) is 20.8 Å². The number of rotatable bonds is 1. The van der Waals surface area contributed by atoms with Crippen LogP contribution >= 0.6 is 30.1 Å². The first kappa shape index (κ1) is 15.2. The molecule has 0 aromatic rings. The highest BCUT2D eigenvalue weighted by Crippen LogP contribution is 2.07. The van der Waals surface area contributed by atoms with Crippen molar-refractivity contribution in [3.63, 3.8) is 0 Å². The van der Waals surface area contributed by atoms with E-state index in [1.807, 2.05) is 42.0 Å². The van der Waals surface area contributed by atoms with Crippen molar-refractivity contribution in [3.8, 4) is 11.7 Å². The number of hydrogen-bond acceptors (Lipinski definition) is 2. The van der Waals surface area contributed by atoms with Crippen LogP contribution in [0.5, 0.6) is 0 Å². The minimum atomic E-state index is -0.894. The third kappa shape index (κ3) is 10.8. The lowest BCUT2D eigenvalue weighted by atomic mass is 10.3. The summed E-state index contributed by atoms with van der Waals surface area (Å²) < 4.78 is 13.4. The molecule has 1 unspecified atom stereocenters. The standard InChI is InChI=1S/C5H13NOS.C2HIS/c1-5(2,3)8(7)6-4;1-2-4-3/h6H,1-4H3;1H. The number of hydrogen-bond donors (Lipinski definition) is 1. The molecule has 72 valence electrons. The first-order valence-corrected chi connectivity index (χ1v) is 7.73. The summed E-state index contributed by atoms with van der Waals surface area (Å²) in [5, 5.41) is 2.33. The molecule has 1 atom stereocenters. The fraction of sp³-hybridized carbons (Fsp3) is 0.714. The maximum Gasteiger partial charge on any atom is 0.0967 e. The summed E-state index contributed by atoms with van der Waals surface area (Å²) in [6.07, 6.45) is 4.73. The Hall–Kier alpha value is 0.750. The van der Waals surface area contributed by atoms with Gasteiger partial charge in [-0.2, -0.15) is 0 Å². The van der Waals surface area contributed by atoms with Gasteiger partial charge in [-0.25, -0.2) is 8.93 Å². The van der Waals surface area contributed by atoms with Crippen molar-refractivity contribution in [1.29, 1.82) is 0 Å². The second-order valence-corrected chi connectivity index (χ2v) is 6.66. The highest BCUT2D eigenvalue weighted by molar-refractivity contribution is 14.2. The van der Waals surface area contributed by atoms with Gasteiger partial charge in [-0.05, 0) is 42.0 Å². The van der Waals surface area contributed by atoms with Crippen molar-refractivity contribution in [2.75, 3.05) is 7.05 Å². The molecule has 12 heavy (non-hydrogen) atoms. The second-order valence-electron chi connectivity index (χ2n) is 2.78. The van der Waals surface area contributed by atoms with Gasteiger partial charge in [0.15, 0.2) is 0 Å². The van der Waals surface area contributed by atoms with Crippen LogP contribution in [0.2, 0.25) is 0 Å². The van der Waals surface area contributed by atoms with Crippen LogP contribution in [0.4, 0.5) is 0 Å². The third-order valence-electron chi connectivity index (χ3n) is 0.786. The molecule has 0 amide bonds. The minimum absolute atomic E-state index is 0.130. The Morgan fingerprint density at radius 1 is 1.58 bits per heavy atom. The van der Waals surface area contributed by atoms with E-state index < -0.39 is 11.0 Å². The molecular formula is C7H14INOS2. The largest absolute Gasteiger partial charge is 0.242 e. The zero-order valence-electron chi connectivity index (χ0n) is 7.68. The minimum Gasteiger partial charge on any atom is -0.242 e. The maximum atomic E-state index is 10.8. The Balaban J connectivity index is 0. The van der Waals surface area contributed by atoms with Crippen molar-refractivity contribution in [2.45, 2.75) is 25.5 Å². The second kappa shape index (κ2) is 8.35. The highest BCUT2D eigenvalue weighted by atomic mass is 127. The van der Waals surface area contributed by atoms with Gasteiger partial charge in [0.1, 0.15) is 0 Å². The van der Waals surface area contributed by atoms with Crippen molar-refractivity contribution in [3.05, 3.63) is 0 Å². The summed E-state index contributed by atoms with van der Waals surface area (Å²) in [6, 6.07) is 0. The van der Waals surface area contributed by atoms with Crippen LogP contribution in [0.15, 0.2) is 0 Å². The van der Waals surface area contributed by atoms with Gasteiger partial charge in [0.2, 0.25) is 0 Å². The lowest BCUT2D eigenvalue weighted by Gasteiger charge is -2.15. The fourth-order valence-corrected chi connectivity index (χ4v) is 0.919. The summed E-state index contributed by atoms with van der Waals surface area (Å²) in [7, 11) is 2.16. The number of nitrogens with one attached hydrogen (secondary N) is 1. The summed E-state index contributed by atoms with van der Waals surface area (Å²) >= 11 is 2.03. The molecule has 0 radical (unpaired) electrons. The van der Waals surface area contributed by atoms with E-state index >= 15 is 0 Å². The van der Waals surface area contributed by atoms with Gasteiger partial charge >= 0.3 is 0 Å². The van der Waals surface area contributed by atoms with Crippen LogP contribution < -0.4 is 4.72 Å². The molecule has 0 aliphatic heterocycles. The topological polar surface area (TPSA) is 29.1 Å². The van der Waals surface area contributed by atoms with E-state index in [2.05, 4.69) is 9.97 Å². The van der Waals surface area contributed by atoms with Gasteiger partial charge in [0, 0.05) is 21.2 Å². The predicted octanol–water partition coefficient (Wildman–Crippen LogP) is 2.33. The molecule has 5 heteroatoms. The van der Waals surface area contributed by atoms with Gasteiger partial charge in [-0.15, -0.1) is 6.42 Å². The van der Waals surface area contributed by atoms with Gasteiger partial charge < -0.3 is 0 Å². The third-order valence-corrected chi connectivity index (χ3v) is 3.12. The molecule has 0 aliphatic carbocycles. The fourth-order valence-electron chi connectivity index (χ4n) is 0.306. The van der Waals surface area contributed by atoms with E-state index in [0.717, 1.165) is 0 Å². The molecule has 0 aromatic carbocycles. The van der Waals surface area contributed by atoms with Crippen molar-refractivity contribution in [2.24, 2.45) is 0 Å². The molecule has 0 saturated heterocycles. The van der Waals surface area contributed by atoms with Crippen LogP contribution in [0.25, 0.3) is 0 Å². The van der Waals surface area contributed by atoms with Gasteiger partial charge in [0.25, 0.3) is 0 Å². The van der Waals surface area contributed by atoms with Gasteiger partial charge in [-0.3, -0.25) is 0 Å². The van der Waals surface area contributed by atoms with Crippen LogP contribution in [-0.2, 0) is 11.0 Å². The zero-order chi connectivity index (χ0) is 10.2. The normalized spacial score (nSPS) is 12.3. The summed E-state index contributed by atoms with van der Waals surface area (Å²) in [5.74, 6) is 0. The van der Waals surface area contributed by atoms with Crippen molar-refractivity contribution < 1.29 is 4.21 Å². The van der Waals surface area contributed by atoms with E-state index in [4.69, 9.17) is 6.42 Å². The lowest BCUT2D eigenvalue weighted by molar-refractivity contribution is 0.642. The molecule has 0 spiro atoms. The smallest absolute Gasteiger partial charge is 0.0967 e. The first-order chi connectivity index (χ1) is 5.40. The lowest BCUT2D eigenvalue weighted by Crippen LogP contribution is -2.30. The monoisotopic (exact) mass is 319 g/mol. The Morgan fingerprint density at radius 2 is 1.92 bits per heavy atom. The Morgan fingerprint density at radius 3 is 1.92 bits per heavy atom. The molecule has 0 aromatic heterocycles. The van der Waals surface area contributed by atoms with Crippen LogP contribution in [-0.4, -0.2) is 16.0 Å². The molecular weight excluding hydrogens is 305 g/mol. The summed E-state index contributed by atoms with van der Waals surface area (Å²) in [4.78, 5) is 0. The van der Waals surface area contributed by atoms with E-state index in [1.54, 1.807) is 7.05 Å². The van der Waals surface area contributed by atoms with E-state index in [-0.39, 0.29) is 4.75 Å². The first-order valence-electron chi connectivity index (χ1n) is 3.22. The summed E-state index contributed by atoms with van der Waals surface area (Å²) in [6.45, 7) is 5.79. The molecule has 0 rings (SSSR count). The Labute approximate surface area is 93.8 Å². The Bertz CT molecular complexity index is 171.